The Balaban J connectivity index is 2.35. The smallest absolute Gasteiger partial charge is 0.315 e. The van der Waals surface area contributed by atoms with Crippen LogP contribution in [0.1, 0.15) is 39.0 Å². The number of hydrogen-bond acceptors (Lipinski definition) is 4. The first kappa shape index (κ1) is 12.3. The van der Waals surface area contributed by atoms with Crippen LogP contribution in [0.2, 0.25) is 0 Å². The first-order chi connectivity index (χ1) is 7.26. The van der Waals surface area contributed by atoms with Gasteiger partial charge in [0.05, 0.1) is 0 Å². The molecule has 5 heteroatoms. The quantitative estimate of drug-likeness (QED) is 0.734. The third kappa shape index (κ3) is 4.51. The summed E-state index contributed by atoms with van der Waals surface area (Å²) in [6.07, 6.45) is 4.15. The number of halogens is 1. The van der Waals surface area contributed by atoms with E-state index in [0.717, 1.165) is 6.42 Å². The molecule has 1 rings (SSSR count). The van der Waals surface area contributed by atoms with Crippen LogP contribution in [0, 0.1) is 0 Å². The Morgan fingerprint density at radius 3 is 2.93 bits per heavy atom. The molecule has 0 saturated heterocycles. The van der Waals surface area contributed by atoms with Gasteiger partial charge in [0.2, 0.25) is 5.89 Å². The Kier molecular flexibility index (Phi) is 5.47. The molecule has 1 atom stereocenters. The summed E-state index contributed by atoms with van der Waals surface area (Å²) in [6.45, 7) is 4.29. The van der Waals surface area contributed by atoms with E-state index in [1.54, 1.807) is 0 Å². The number of unbranched alkanes of at least 4 members (excludes halogenated alkanes) is 1. The molecule has 4 nitrogen and oxygen atoms in total. The Morgan fingerprint density at radius 2 is 2.27 bits per heavy atom. The van der Waals surface area contributed by atoms with Crippen LogP contribution in [0.5, 0.6) is 0 Å². The SMILES string of the molecule is CCCCC(C)Nc1nnc(CCCl)o1. The van der Waals surface area contributed by atoms with E-state index in [1.165, 1.54) is 12.8 Å². The second-order valence-corrected chi connectivity index (χ2v) is 4.01. The zero-order valence-electron chi connectivity index (χ0n) is 9.29. The normalized spacial score (nSPS) is 12.7. The van der Waals surface area contributed by atoms with Crippen LogP contribution < -0.4 is 5.32 Å². The van der Waals surface area contributed by atoms with Gasteiger partial charge >= 0.3 is 6.01 Å². The Morgan fingerprint density at radius 1 is 1.47 bits per heavy atom. The molecule has 0 aliphatic heterocycles. The molecular weight excluding hydrogens is 214 g/mol. The molecular formula is C10H18ClN3O. The van der Waals surface area contributed by atoms with Crippen molar-refractivity contribution in [1.82, 2.24) is 10.2 Å². The van der Waals surface area contributed by atoms with Gasteiger partial charge in [0.15, 0.2) is 0 Å². The molecule has 1 N–H and O–H groups in total. The lowest BCUT2D eigenvalue weighted by Crippen LogP contribution is -2.14. The fourth-order valence-corrected chi connectivity index (χ4v) is 1.45. The number of anilines is 1. The second-order valence-electron chi connectivity index (χ2n) is 3.63. The van der Waals surface area contributed by atoms with E-state index in [2.05, 4.69) is 29.4 Å². The number of nitrogens with one attached hydrogen (secondary N) is 1. The summed E-state index contributed by atoms with van der Waals surface area (Å²) in [7, 11) is 0. The molecule has 1 aromatic rings. The standard InChI is InChI=1S/C10H18ClN3O/c1-3-4-5-8(2)12-10-14-13-9(15-10)6-7-11/h8H,3-7H2,1-2H3,(H,12,14). The van der Waals surface area contributed by atoms with Crippen molar-refractivity contribution in [2.24, 2.45) is 0 Å². The van der Waals surface area contributed by atoms with Crippen LogP contribution in [-0.2, 0) is 6.42 Å². The van der Waals surface area contributed by atoms with Gasteiger partial charge in [-0.1, -0.05) is 24.9 Å². The van der Waals surface area contributed by atoms with Crippen molar-refractivity contribution in [3.8, 4) is 0 Å². The number of aryl methyl sites for hydroxylation is 1. The van der Waals surface area contributed by atoms with Gasteiger partial charge in [0.25, 0.3) is 0 Å². The lowest BCUT2D eigenvalue weighted by Gasteiger charge is -2.10. The molecule has 1 aromatic heterocycles. The van der Waals surface area contributed by atoms with Gasteiger partial charge in [-0.3, -0.25) is 0 Å². The van der Waals surface area contributed by atoms with E-state index in [0.29, 0.717) is 30.2 Å². The molecule has 0 bridgehead atoms. The minimum atomic E-state index is 0.370. The molecule has 0 aromatic carbocycles. The minimum Gasteiger partial charge on any atom is -0.408 e. The van der Waals surface area contributed by atoms with Crippen molar-refractivity contribution >= 4 is 17.6 Å². The molecule has 0 radical (unpaired) electrons. The number of alkyl halides is 1. The first-order valence-corrected chi connectivity index (χ1v) is 5.94. The van der Waals surface area contributed by atoms with Crippen LogP contribution in [0.4, 0.5) is 6.01 Å². The van der Waals surface area contributed by atoms with Gasteiger partial charge in [-0.25, -0.2) is 0 Å². The van der Waals surface area contributed by atoms with E-state index in [9.17, 15) is 0 Å². The van der Waals surface area contributed by atoms with Crippen molar-refractivity contribution < 1.29 is 4.42 Å². The third-order valence-corrected chi connectivity index (χ3v) is 2.32. The Bertz CT molecular complexity index is 277. The average Bonchev–Trinajstić information content (AvgIpc) is 2.63. The highest BCUT2D eigenvalue weighted by molar-refractivity contribution is 6.17. The Labute approximate surface area is 95.4 Å². The van der Waals surface area contributed by atoms with Crippen LogP contribution in [0.15, 0.2) is 4.42 Å². The minimum absolute atomic E-state index is 0.370. The van der Waals surface area contributed by atoms with E-state index in [4.69, 9.17) is 16.0 Å². The summed E-state index contributed by atoms with van der Waals surface area (Å²) in [6, 6.07) is 0.868. The van der Waals surface area contributed by atoms with Gasteiger partial charge in [-0.15, -0.1) is 16.7 Å². The maximum atomic E-state index is 5.57. The second kappa shape index (κ2) is 6.67. The van der Waals surface area contributed by atoms with Crippen LogP contribution >= 0.6 is 11.6 Å². The van der Waals surface area contributed by atoms with E-state index in [-0.39, 0.29) is 0 Å². The summed E-state index contributed by atoms with van der Waals surface area (Å²) in [5.41, 5.74) is 0. The highest BCUT2D eigenvalue weighted by Crippen LogP contribution is 2.10. The van der Waals surface area contributed by atoms with Gasteiger partial charge in [0.1, 0.15) is 0 Å². The molecule has 1 unspecified atom stereocenters. The average molecular weight is 232 g/mol. The molecule has 15 heavy (non-hydrogen) atoms. The number of nitrogens with zero attached hydrogens (tertiary/aromatic N) is 2. The van der Waals surface area contributed by atoms with Gasteiger partial charge in [0, 0.05) is 18.3 Å². The van der Waals surface area contributed by atoms with Crippen LogP contribution in [0.25, 0.3) is 0 Å². The lowest BCUT2D eigenvalue weighted by molar-refractivity contribution is 0.502. The zero-order valence-corrected chi connectivity index (χ0v) is 10.0. The van der Waals surface area contributed by atoms with Crippen molar-refractivity contribution in [1.29, 1.82) is 0 Å². The summed E-state index contributed by atoms with van der Waals surface area (Å²) in [5.74, 6) is 1.10. The highest BCUT2D eigenvalue weighted by Gasteiger charge is 2.08. The predicted molar refractivity (Wildman–Crippen MR) is 61.3 cm³/mol. The summed E-state index contributed by atoms with van der Waals surface area (Å²) in [4.78, 5) is 0. The Hall–Kier alpha value is -0.770. The fraction of sp³-hybridized carbons (Fsp3) is 0.800. The number of aromatic nitrogens is 2. The maximum Gasteiger partial charge on any atom is 0.315 e. The van der Waals surface area contributed by atoms with E-state index < -0.39 is 0 Å². The zero-order chi connectivity index (χ0) is 11.1. The molecule has 0 saturated carbocycles. The van der Waals surface area contributed by atoms with Crippen molar-refractivity contribution in [3.63, 3.8) is 0 Å². The summed E-state index contributed by atoms with van der Waals surface area (Å²) < 4.78 is 5.36. The molecule has 0 amide bonds. The molecule has 1 heterocycles. The van der Waals surface area contributed by atoms with Gasteiger partial charge in [-0.2, -0.15) is 0 Å². The van der Waals surface area contributed by atoms with Crippen molar-refractivity contribution in [2.75, 3.05) is 11.2 Å². The highest BCUT2D eigenvalue weighted by atomic mass is 35.5. The van der Waals surface area contributed by atoms with Crippen LogP contribution in [-0.4, -0.2) is 22.1 Å². The van der Waals surface area contributed by atoms with Crippen molar-refractivity contribution in [2.45, 2.75) is 45.6 Å². The molecule has 0 spiro atoms. The molecule has 0 fully saturated rings. The topological polar surface area (TPSA) is 51.0 Å². The molecule has 0 aliphatic rings. The summed E-state index contributed by atoms with van der Waals surface area (Å²) >= 11 is 5.57. The monoisotopic (exact) mass is 231 g/mol. The van der Waals surface area contributed by atoms with Crippen molar-refractivity contribution in [3.05, 3.63) is 5.89 Å². The fourth-order valence-electron chi connectivity index (χ4n) is 1.29. The van der Waals surface area contributed by atoms with Crippen LogP contribution in [0.3, 0.4) is 0 Å². The molecule has 0 aliphatic carbocycles. The van der Waals surface area contributed by atoms with E-state index >= 15 is 0 Å². The maximum absolute atomic E-state index is 5.57. The lowest BCUT2D eigenvalue weighted by atomic mass is 10.1. The third-order valence-electron chi connectivity index (χ3n) is 2.14. The molecule has 86 valence electrons. The number of hydrogen-bond donors (Lipinski definition) is 1. The van der Waals surface area contributed by atoms with Gasteiger partial charge in [-0.05, 0) is 13.3 Å². The van der Waals surface area contributed by atoms with E-state index in [1.807, 2.05) is 0 Å². The predicted octanol–water partition coefficient (Wildman–Crippen LogP) is 2.84. The first-order valence-electron chi connectivity index (χ1n) is 5.41. The summed E-state index contributed by atoms with van der Waals surface area (Å²) in [5, 5.41) is 10.9. The largest absolute Gasteiger partial charge is 0.408 e. The number of rotatable bonds is 7. The van der Waals surface area contributed by atoms with Gasteiger partial charge < -0.3 is 9.73 Å².